The number of nitrogens with zero attached hydrogens (tertiary/aromatic N) is 4. The van der Waals surface area contributed by atoms with E-state index in [1.54, 1.807) is 13.1 Å². The van der Waals surface area contributed by atoms with Crippen molar-refractivity contribution in [3.63, 3.8) is 0 Å². The average Bonchev–Trinajstić information content (AvgIpc) is 2.79. The summed E-state index contributed by atoms with van der Waals surface area (Å²) in [6.45, 7) is 1.77. The van der Waals surface area contributed by atoms with Crippen LogP contribution in [0, 0.1) is 6.92 Å². The van der Waals surface area contributed by atoms with E-state index in [4.69, 9.17) is 5.84 Å². The summed E-state index contributed by atoms with van der Waals surface area (Å²) in [5, 5.41) is 14.2. The van der Waals surface area contributed by atoms with E-state index in [0.29, 0.717) is 11.8 Å². The number of nitrogens with one attached hydrogen (secondary N) is 1. The van der Waals surface area contributed by atoms with Crippen LogP contribution in [-0.4, -0.2) is 21.1 Å². The Labute approximate surface area is 115 Å². The van der Waals surface area contributed by atoms with Gasteiger partial charge in [-0.05, 0) is 17.7 Å². The van der Waals surface area contributed by atoms with Gasteiger partial charge in [-0.3, -0.25) is 0 Å². The molecule has 6 heteroatoms. The standard InChI is InChI=1S/C14H14N6/c1-10-17-19-14(20(10)15)18-16-9-12-7-4-6-11-5-2-3-8-13(11)12/h2-9H,15H2,1H3,(H,18,19)/b16-9+. The van der Waals surface area contributed by atoms with Crippen molar-refractivity contribution in [1.29, 1.82) is 0 Å². The number of benzene rings is 2. The van der Waals surface area contributed by atoms with Gasteiger partial charge in [0.25, 0.3) is 5.95 Å². The topological polar surface area (TPSA) is 81.1 Å². The number of fused-ring (bicyclic) bond motifs is 1. The third kappa shape index (κ3) is 2.18. The molecule has 0 aliphatic heterocycles. The SMILES string of the molecule is Cc1nnc(N/N=C/c2cccc3ccccc23)n1N. The Morgan fingerprint density at radius 3 is 2.75 bits per heavy atom. The Kier molecular flexibility index (Phi) is 3.04. The zero-order valence-corrected chi connectivity index (χ0v) is 11.0. The summed E-state index contributed by atoms with van der Waals surface area (Å²) in [5.41, 5.74) is 3.80. The molecule has 0 saturated heterocycles. The van der Waals surface area contributed by atoms with Gasteiger partial charge in [0.05, 0.1) is 6.21 Å². The number of nitrogen functional groups attached to an aromatic ring is 1. The summed E-state index contributed by atoms with van der Waals surface area (Å²) in [5.74, 6) is 6.75. The van der Waals surface area contributed by atoms with Crippen LogP contribution in [0.3, 0.4) is 0 Å². The number of rotatable bonds is 3. The highest BCUT2D eigenvalue weighted by Crippen LogP contribution is 2.16. The first-order chi connectivity index (χ1) is 9.75. The molecule has 0 atom stereocenters. The van der Waals surface area contributed by atoms with Crippen molar-refractivity contribution >= 4 is 22.9 Å². The van der Waals surface area contributed by atoms with Crippen LogP contribution in [0.15, 0.2) is 47.6 Å². The monoisotopic (exact) mass is 266 g/mol. The molecule has 0 amide bonds. The van der Waals surface area contributed by atoms with E-state index in [0.717, 1.165) is 10.9 Å². The van der Waals surface area contributed by atoms with Crippen LogP contribution in [0.25, 0.3) is 10.8 Å². The summed E-state index contributed by atoms with van der Waals surface area (Å²) in [4.78, 5) is 0. The molecule has 0 fully saturated rings. The highest BCUT2D eigenvalue weighted by atomic mass is 15.5. The summed E-state index contributed by atoms with van der Waals surface area (Å²) in [7, 11) is 0. The summed E-state index contributed by atoms with van der Waals surface area (Å²) >= 11 is 0. The Hall–Kier alpha value is -2.89. The van der Waals surface area contributed by atoms with Crippen LogP contribution >= 0.6 is 0 Å². The lowest BCUT2D eigenvalue weighted by atomic mass is 10.1. The number of anilines is 1. The molecule has 20 heavy (non-hydrogen) atoms. The fourth-order valence-corrected chi connectivity index (χ4v) is 1.97. The molecular weight excluding hydrogens is 252 g/mol. The fraction of sp³-hybridized carbons (Fsp3) is 0.0714. The highest BCUT2D eigenvalue weighted by Gasteiger charge is 2.03. The van der Waals surface area contributed by atoms with Crippen molar-refractivity contribution in [2.45, 2.75) is 6.92 Å². The molecule has 100 valence electrons. The molecule has 0 aliphatic carbocycles. The van der Waals surface area contributed by atoms with Crippen LogP contribution in [0.1, 0.15) is 11.4 Å². The largest absolute Gasteiger partial charge is 0.335 e. The van der Waals surface area contributed by atoms with Crippen LogP contribution < -0.4 is 11.3 Å². The Morgan fingerprint density at radius 1 is 1.15 bits per heavy atom. The molecular formula is C14H14N6. The van der Waals surface area contributed by atoms with Gasteiger partial charge in [0, 0.05) is 5.56 Å². The van der Waals surface area contributed by atoms with E-state index >= 15 is 0 Å². The predicted molar refractivity (Wildman–Crippen MR) is 80.1 cm³/mol. The fourth-order valence-electron chi connectivity index (χ4n) is 1.97. The molecule has 0 radical (unpaired) electrons. The molecule has 1 aromatic heterocycles. The van der Waals surface area contributed by atoms with Gasteiger partial charge in [0.15, 0.2) is 5.82 Å². The molecule has 0 unspecified atom stereocenters. The van der Waals surface area contributed by atoms with E-state index < -0.39 is 0 Å². The molecule has 2 aromatic carbocycles. The van der Waals surface area contributed by atoms with Crippen LogP contribution in [-0.2, 0) is 0 Å². The zero-order chi connectivity index (χ0) is 13.9. The number of nitrogens with two attached hydrogens (primary N) is 1. The van der Waals surface area contributed by atoms with Crippen LogP contribution in [0.5, 0.6) is 0 Å². The quantitative estimate of drug-likeness (QED) is 0.431. The van der Waals surface area contributed by atoms with Gasteiger partial charge in [-0.25, -0.2) is 10.1 Å². The lowest BCUT2D eigenvalue weighted by Crippen LogP contribution is -2.13. The molecule has 3 N–H and O–H groups in total. The van der Waals surface area contributed by atoms with E-state index in [2.05, 4.69) is 38.9 Å². The number of hydrogen-bond donors (Lipinski definition) is 2. The molecule has 3 aromatic rings. The first kappa shape index (κ1) is 12.2. The van der Waals surface area contributed by atoms with Gasteiger partial charge >= 0.3 is 0 Å². The van der Waals surface area contributed by atoms with Crippen molar-refractivity contribution in [2.75, 3.05) is 11.3 Å². The third-order valence-electron chi connectivity index (χ3n) is 3.06. The minimum Gasteiger partial charge on any atom is -0.335 e. The maximum Gasteiger partial charge on any atom is 0.263 e. The second-order valence-electron chi connectivity index (χ2n) is 4.38. The van der Waals surface area contributed by atoms with E-state index in [9.17, 15) is 0 Å². The predicted octanol–water partition coefficient (Wildman–Crippen LogP) is 1.90. The molecule has 0 aliphatic rings. The summed E-state index contributed by atoms with van der Waals surface area (Å²) in [6.07, 6.45) is 1.74. The van der Waals surface area contributed by atoms with Gasteiger partial charge in [0.2, 0.25) is 0 Å². The smallest absolute Gasteiger partial charge is 0.263 e. The van der Waals surface area contributed by atoms with Crippen molar-refractivity contribution < 1.29 is 0 Å². The molecule has 0 bridgehead atoms. The maximum atomic E-state index is 5.73. The van der Waals surface area contributed by atoms with E-state index in [1.165, 1.54) is 10.1 Å². The van der Waals surface area contributed by atoms with E-state index in [-0.39, 0.29) is 0 Å². The second kappa shape index (κ2) is 5.00. The molecule has 1 heterocycles. The zero-order valence-electron chi connectivity index (χ0n) is 11.0. The normalized spacial score (nSPS) is 11.2. The van der Waals surface area contributed by atoms with E-state index in [1.807, 2.05) is 24.3 Å². The molecule has 6 nitrogen and oxygen atoms in total. The second-order valence-corrected chi connectivity index (χ2v) is 4.38. The summed E-state index contributed by atoms with van der Waals surface area (Å²) < 4.78 is 1.35. The van der Waals surface area contributed by atoms with Crippen LogP contribution in [0.4, 0.5) is 5.95 Å². The Morgan fingerprint density at radius 2 is 1.95 bits per heavy atom. The maximum absolute atomic E-state index is 5.73. The average molecular weight is 266 g/mol. The Balaban J connectivity index is 1.86. The van der Waals surface area contributed by atoms with Crippen molar-refractivity contribution in [3.05, 3.63) is 53.9 Å². The lowest BCUT2D eigenvalue weighted by molar-refractivity contribution is 0.926. The summed E-state index contributed by atoms with van der Waals surface area (Å²) in [6, 6.07) is 14.2. The molecule has 0 spiro atoms. The van der Waals surface area contributed by atoms with Gasteiger partial charge in [-0.15, -0.1) is 10.2 Å². The number of aryl methyl sites for hydroxylation is 1. The number of aromatic nitrogens is 3. The van der Waals surface area contributed by atoms with Crippen molar-refractivity contribution in [1.82, 2.24) is 14.9 Å². The molecule has 3 rings (SSSR count). The first-order valence-corrected chi connectivity index (χ1v) is 6.19. The van der Waals surface area contributed by atoms with Crippen molar-refractivity contribution in [2.24, 2.45) is 5.10 Å². The highest BCUT2D eigenvalue weighted by molar-refractivity contribution is 5.99. The number of hydrogen-bond acceptors (Lipinski definition) is 5. The minimum atomic E-state index is 0.402. The number of hydrazone groups is 1. The lowest BCUT2D eigenvalue weighted by Gasteiger charge is -2.02. The Bertz CT molecular complexity index is 769. The van der Waals surface area contributed by atoms with Gasteiger partial charge in [-0.2, -0.15) is 5.10 Å². The van der Waals surface area contributed by atoms with Gasteiger partial charge in [0.1, 0.15) is 0 Å². The van der Waals surface area contributed by atoms with Gasteiger partial charge < -0.3 is 5.84 Å². The third-order valence-corrected chi connectivity index (χ3v) is 3.06. The minimum absolute atomic E-state index is 0.402. The van der Waals surface area contributed by atoms with Crippen molar-refractivity contribution in [3.8, 4) is 0 Å². The van der Waals surface area contributed by atoms with Crippen LogP contribution in [0.2, 0.25) is 0 Å². The van der Waals surface area contributed by atoms with Gasteiger partial charge in [-0.1, -0.05) is 42.5 Å². The molecule has 0 saturated carbocycles. The first-order valence-electron chi connectivity index (χ1n) is 6.19.